The summed E-state index contributed by atoms with van der Waals surface area (Å²) in [5.74, 6) is 2.39. The lowest BCUT2D eigenvalue weighted by Crippen LogP contribution is -2.39. The molecule has 33 heavy (non-hydrogen) atoms. The minimum absolute atomic E-state index is 0.0736. The average molecular weight is 467 g/mol. The standard InChI is InChI=1S/C29H54O4/c1-8-26-17-16-22(3)24(5)28(26)33-27(20-30)15-9-12-21(2)13-10-18-29(7,32)19-11-14-23(4)25(6)31/h16-17,21-24,26-28,30-32H,6,8-15,18-20H2,1-5,7H3. The molecule has 0 aromatic heterocycles. The van der Waals surface area contributed by atoms with Crippen molar-refractivity contribution in [1.82, 2.24) is 0 Å². The summed E-state index contributed by atoms with van der Waals surface area (Å²) in [5, 5.41) is 30.0. The van der Waals surface area contributed by atoms with E-state index in [9.17, 15) is 15.3 Å². The fourth-order valence-corrected chi connectivity index (χ4v) is 5.06. The highest BCUT2D eigenvalue weighted by Crippen LogP contribution is 2.34. The minimum atomic E-state index is -0.635. The molecular weight excluding hydrogens is 412 g/mol. The van der Waals surface area contributed by atoms with Crippen molar-refractivity contribution in [3.63, 3.8) is 0 Å². The Morgan fingerprint density at radius 1 is 1.03 bits per heavy atom. The predicted molar refractivity (Wildman–Crippen MR) is 139 cm³/mol. The van der Waals surface area contributed by atoms with Crippen molar-refractivity contribution < 1.29 is 20.1 Å². The van der Waals surface area contributed by atoms with E-state index in [-0.39, 0.29) is 30.5 Å². The van der Waals surface area contributed by atoms with E-state index in [0.29, 0.717) is 23.7 Å². The molecule has 3 N–H and O–H groups in total. The van der Waals surface area contributed by atoms with Gasteiger partial charge in [-0.1, -0.05) is 79.0 Å². The summed E-state index contributed by atoms with van der Waals surface area (Å²) in [6, 6.07) is 0. The van der Waals surface area contributed by atoms with Gasteiger partial charge in [-0.25, -0.2) is 0 Å². The maximum atomic E-state index is 10.7. The van der Waals surface area contributed by atoms with Crippen LogP contribution in [-0.4, -0.2) is 39.7 Å². The average Bonchev–Trinajstić information content (AvgIpc) is 2.75. The van der Waals surface area contributed by atoms with Gasteiger partial charge in [0.25, 0.3) is 0 Å². The topological polar surface area (TPSA) is 69.9 Å². The lowest BCUT2D eigenvalue weighted by atomic mass is 9.77. The molecule has 1 aliphatic carbocycles. The second-order valence-corrected chi connectivity index (χ2v) is 11.3. The fraction of sp³-hybridized carbons (Fsp3) is 0.862. The molecule has 0 saturated carbocycles. The zero-order chi connectivity index (χ0) is 25.0. The van der Waals surface area contributed by atoms with Crippen LogP contribution >= 0.6 is 0 Å². The van der Waals surface area contributed by atoms with Gasteiger partial charge in [-0.15, -0.1) is 0 Å². The van der Waals surface area contributed by atoms with Crippen molar-refractivity contribution in [1.29, 1.82) is 0 Å². The summed E-state index contributed by atoms with van der Waals surface area (Å²) in [7, 11) is 0. The number of hydrogen-bond donors (Lipinski definition) is 3. The van der Waals surface area contributed by atoms with Crippen LogP contribution < -0.4 is 0 Å². The smallest absolute Gasteiger partial charge is 0.0879 e. The van der Waals surface area contributed by atoms with Crippen molar-refractivity contribution >= 4 is 0 Å². The monoisotopic (exact) mass is 466 g/mol. The Kier molecular flexibility index (Phi) is 13.9. The summed E-state index contributed by atoms with van der Waals surface area (Å²) < 4.78 is 6.45. The molecule has 1 aliphatic rings. The second kappa shape index (κ2) is 15.2. The number of hydrogen-bond acceptors (Lipinski definition) is 4. The molecule has 0 aromatic rings. The Morgan fingerprint density at radius 3 is 2.21 bits per heavy atom. The zero-order valence-electron chi connectivity index (χ0n) is 22.4. The van der Waals surface area contributed by atoms with E-state index < -0.39 is 5.60 Å². The maximum absolute atomic E-state index is 10.7. The maximum Gasteiger partial charge on any atom is 0.0879 e. The van der Waals surface area contributed by atoms with Crippen molar-refractivity contribution in [2.75, 3.05) is 6.61 Å². The van der Waals surface area contributed by atoms with E-state index >= 15 is 0 Å². The largest absolute Gasteiger partial charge is 0.513 e. The SMILES string of the molecule is C=C(O)C(C)CCCC(C)(O)CCCC(C)CCCC(CO)OC1C(CC)C=CC(C)C1C. The number of allylic oxidation sites excluding steroid dienone is 2. The van der Waals surface area contributed by atoms with Crippen LogP contribution in [0.2, 0.25) is 0 Å². The first-order valence-electron chi connectivity index (χ1n) is 13.6. The van der Waals surface area contributed by atoms with Gasteiger partial charge in [0.1, 0.15) is 0 Å². The third-order valence-corrected chi connectivity index (χ3v) is 8.01. The van der Waals surface area contributed by atoms with Crippen LogP contribution in [0.25, 0.3) is 0 Å². The molecule has 0 heterocycles. The first-order valence-corrected chi connectivity index (χ1v) is 13.6. The molecule has 0 aromatic carbocycles. The van der Waals surface area contributed by atoms with Crippen LogP contribution in [-0.2, 0) is 4.74 Å². The molecule has 0 saturated heterocycles. The number of aliphatic hydroxyl groups excluding tert-OH is 2. The Balaban J connectivity index is 2.29. The van der Waals surface area contributed by atoms with Crippen LogP contribution in [0.4, 0.5) is 0 Å². The lowest BCUT2D eigenvalue weighted by molar-refractivity contribution is -0.0926. The van der Waals surface area contributed by atoms with Gasteiger partial charge in [0, 0.05) is 11.8 Å². The molecule has 4 nitrogen and oxygen atoms in total. The van der Waals surface area contributed by atoms with E-state index in [2.05, 4.69) is 46.4 Å². The number of aliphatic hydroxyl groups is 3. The highest BCUT2D eigenvalue weighted by molar-refractivity contribution is 5.04. The van der Waals surface area contributed by atoms with Gasteiger partial charge in [-0.2, -0.15) is 0 Å². The molecule has 4 heteroatoms. The Bertz CT molecular complexity index is 570. The second-order valence-electron chi connectivity index (χ2n) is 11.3. The van der Waals surface area contributed by atoms with E-state index in [1.54, 1.807) is 0 Å². The summed E-state index contributed by atoms with van der Waals surface area (Å²) in [6.07, 6.45) is 14.4. The first-order chi connectivity index (χ1) is 15.5. The Labute approximate surface area is 204 Å². The summed E-state index contributed by atoms with van der Waals surface area (Å²) in [4.78, 5) is 0. The summed E-state index contributed by atoms with van der Waals surface area (Å²) in [6.45, 7) is 16.6. The van der Waals surface area contributed by atoms with Crippen molar-refractivity contribution in [3.8, 4) is 0 Å². The van der Waals surface area contributed by atoms with Gasteiger partial charge in [-0.3, -0.25) is 0 Å². The molecule has 0 aliphatic heterocycles. The Morgan fingerprint density at radius 2 is 1.64 bits per heavy atom. The highest BCUT2D eigenvalue weighted by Gasteiger charge is 2.33. The van der Waals surface area contributed by atoms with E-state index in [0.717, 1.165) is 64.2 Å². The van der Waals surface area contributed by atoms with Crippen LogP contribution in [0.15, 0.2) is 24.5 Å². The lowest BCUT2D eigenvalue weighted by Gasteiger charge is -2.38. The molecule has 194 valence electrons. The number of rotatable bonds is 17. The van der Waals surface area contributed by atoms with Gasteiger partial charge in [0.2, 0.25) is 0 Å². The molecule has 0 bridgehead atoms. The van der Waals surface area contributed by atoms with Crippen LogP contribution in [0.5, 0.6) is 0 Å². The molecule has 8 atom stereocenters. The van der Waals surface area contributed by atoms with Gasteiger partial charge >= 0.3 is 0 Å². The van der Waals surface area contributed by atoms with E-state index in [4.69, 9.17) is 4.74 Å². The molecular formula is C29H54O4. The van der Waals surface area contributed by atoms with Gasteiger partial charge in [0.05, 0.1) is 30.2 Å². The third kappa shape index (κ3) is 11.4. The van der Waals surface area contributed by atoms with E-state index in [1.165, 1.54) is 0 Å². The normalized spacial score (nSPS) is 27.6. The molecule has 1 rings (SSSR count). The fourth-order valence-electron chi connectivity index (χ4n) is 5.06. The molecule has 0 amide bonds. The van der Waals surface area contributed by atoms with E-state index in [1.807, 2.05) is 13.8 Å². The molecule has 0 spiro atoms. The minimum Gasteiger partial charge on any atom is -0.513 e. The molecule has 8 unspecified atom stereocenters. The summed E-state index contributed by atoms with van der Waals surface area (Å²) in [5.41, 5.74) is -0.635. The van der Waals surface area contributed by atoms with Crippen LogP contribution in [0, 0.1) is 29.6 Å². The summed E-state index contributed by atoms with van der Waals surface area (Å²) >= 11 is 0. The molecule has 0 radical (unpaired) electrons. The van der Waals surface area contributed by atoms with Crippen molar-refractivity contribution in [2.24, 2.45) is 29.6 Å². The predicted octanol–water partition coefficient (Wildman–Crippen LogP) is 7.21. The Hall–Kier alpha value is -0.840. The van der Waals surface area contributed by atoms with Gasteiger partial charge in [-0.05, 0) is 63.2 Å². The van der Waals surface area contributed by atoms with Gasteiger partial charge < -0.3 is 20.1 Å². The van der Waals surface area contributed by atoms with Crippen LogP contribution in [0.3, 0.4) is 0 Å². The van der Waals surface area contributed by atoms with Crippen molar-refractivity contribution in [3.05, 3.63) is 24.5 Å². The quantitative estimate of drug-likeness (QED) is 0.156. The van der Waals surface area contributed by atoms with Crippen LogP contribution in [0.1, 0.15) is 106 Å². The van der Waals surface area contributed by atoms with Gasteiger partial charge in [0.15, 0.2) is 0 Å². The zero-order valence-corrected chi connectivity index (χ0v) is 22.4. The third-order valence-electron chi connectivity index (χ3n) is 8.01. The first kappa shape index (κ1) is 30.2. The van der Waals surface area contributed by atoms with Crippen molar-refractivity contribution in [2.45, 2.75) is 124 Å². The molecule has 0 fully saturated rings. The highest BCUT2D eigenvalue weighted by atomic mass is 16.5. The number of ether oxygens (including phenoxy) is 1.